The molecule has 0 unspecified atom stereocenters. The molecule has 0 amide bonds. The summed E-state index contributed by atoms with van der Waals surface area (Å²) in [6.45, 7) is 0. The monoisotopic (exact) mass is 570 g/mol. The minimum atomic E-state index is -3.93. The van der Waals surface area contributed by atoms with Gasteiger partial charge in [-0.25, -0.2) is 0 Å². The average molecular weight is 572 g/mol. The van der Waals surface area contributed by atoms with Crippen LogP contribution in [0.4, 0.5) is 0 Å². The van der Waals surface area contributed by atoms with Crippen molar-refractivity contribution in [2.45, 2.75) is 83.3 Å². The first-order valence-corrected chi connectivity index (χ1v) is 19.4. The zero-order valence-corrected chi connectivity index (χ0v) is 24.4. The molecule has 4 aliphatic carbocycles. The first kappa shape index (κ1) is 25.2. The van der Waals surface area contributed by atoms with Crippen molar-refractivity contribution >= 4 is 0 Å². The minimum absolute atomic E-state index is 0.211. The number of benzene rings is 2. The number of hydrogen-bond donors (Lipinski definition) is 0. The van der Waals surface area contributed by atoms with Gasteiger partial charge in [0.1, 0.15) is 0 Å². The van der Waals surface area contributed by atoms with E-state index in [0.717, 1.165) is 11.5 Å². The zero-order chi connectivity index (χ0) is 24.9. The summed E-state index contributed by atoms with van der Waals surface area (Å²) in [4.78, 5) is 0. The predicted molar refractivity (Wildman–Crippen MR) is 150 cm³/mol. The van der Waals surface area contributed by atoms with Gasteiger partial charge in [0, 0.05) is 0 Å². The first-order chi connectivity index (χ1) is 18.3. The van der Waals surface area contributed by atoms with Crippen molar-refractivity contribution < 1.29 is 26.8 Å². The van der Waals surface area contributed by atoms with Crippen molar-refractivity contribution in [1.82, 2.24) is 0 Å². The summed E-state index contributed by atoms with van der Waals surface area (Å²) < 4.78 is 15.0. The van der Waals surface area contributed by atoms with Crippen LogP contribution >= 0.6 is 0 Å². The summed E-state index contributed by atoms with van der Waals surface area (Å²) in [5.41, 5.74) is 2.87. The number of hydrogen-bond acceptors (Lipinski definition) is 2. The molecule has 192 valence electrons. The first-order valence-electron chi connectivity index (χ1n) is 14.6. The Hall–Kier alpha value is -2.12. The molecule has 37 heavy (non-hydrogen) atoms. The van der Waals surface area contributed by atoms with Crippen molar-refractivity contribution in [2.75, 3.05) is 0 Å². The summed E-state index contributed by atoms with van der Waals surface area (Å²) in [6.07, 6.45) is 31.2. The van der Waals surface area contributed by atoms with Gasteiger partial charge in [-0.2, -0.15) is 0 Å². The van der Waals surface area contributed by atoms with E-state index in [-0.39, 0.29) is 7.25 Å². The van der Waals surface area contributed by atoms with Gasteiger partial charge in [-0.15, -0.1) is 0 Å². The third-order valence-corrected chi connectivity index (χ3v) is 18.0. The predicted octanol–water partition coefficient (Wildman–Crippen LogP) is 10.1. The second kappa shape index (κ2) is 11.7. The average Bonchev–Trinajstić information content (AvgIpc) is 3.70. The van der Waals surface area contributed by atoms with Crippen LogP contribution < -0.4 is 5.63 Å². The van der Waals surface area contributed by atoms with E-state index in [9.17, 15) is 0 Å². The normalized spacial score (nSPS) is 21.2. The Morgan fingerprint density at radius 2 is 0.919 bits per heavy atom. The van der Waals surface area contributed by atoms with Crippen LogP contribution in [0.1, 0.15) is 87.2 Å². The molecule has 0 saturated heterocycles. The van der Waals surface area contributed by atoms with Crippen molar-refractivity contribution in [3.05, 3.63) is 108 Å². The van der Waals surface area contributed by atoms with E-state index in [1.165, 1.54) is 75.3 Å². The van der Waals surface area contributed by atoms with Crippen LogP contribution in [0.15, 0.2) is 97.1 Å². The Balaban J connectivity index is 1.35. The fraction of sp³-hybridized carbons (Fsp3) is 0.412. The maximum absolute atomic E-state index is 7.27. The molecule has 0 N–H and O–H groups in total. The molecule has 0 radical (unpaired) electrons. The van der Waals surface area contributed by atoms with Crippen LogP contribution in [0.25, 0.3) is 0 Å². The third-order valence-electron chi connectivity index (χ3n) is 8.85. The molecule has 0 atom stereocenters. The summed E-state index contributed by atoms with van der Waals surface area (Å²) >= 11 is -3.93. The van der Waals surface area contributed by atoms with Crippen LogP contribution in [-0.2, 0) is 21.1 Å². The topological polar surface area (TPSA) is 18.5 Å². The van der Waals surface area contributed by atoms with Gasteiger partial charge in [0.25, 0.3) is 0 Å². The van der Waals surface area contributed by atoms with E-state index in [1.54, 1.807) is 0 Å². The molecule has 2 saturated carbocycles. The molecular weight excluding hydrogens is 532 g/mol. The summed E-state index contributed by atoms with van der Waals surface area (Å²) in [7, 11) is 0. The van der Waals surface area contributed by atoms with E-state index in [4.69, 9.17) is 5.63 Å². The van der Waals surface area contributed by atoms with E-state index < -0.39 is 21.1 Å². The molecule has 2 aromatic rings. The van der Waals surface area contributed by atoms with Gasteiger partial charge >= 0.3 is 230 Å². The molecule has 2 fully saturated rings. The van der Waals surface area contributed by atoms with Gasteiger partial charge in [-0.1, -0.05) is 0 Å². The van der Waals surface area contributed by atoms with E-state index in [0.29, 0.717) is 11.8 Å². The van der Waals surface area contributed by atoms with Crippen molar-refractivity contribution in [1.29, 1.82) is 0 Å². The van der Waals surface area contributed by atoms with Gasteiger partial charge in [0.15, 0.2) is 0 Å². The zero-order valence-electron chi connectivity index (χ0n) is 21.9. The second-order valence-electron chi connectivity index (χ2n) is 11.3. The quantitative estimate of drug-likeness (QED) is 0.314. The fourth-order valence-corrected chi connectivity index (χ4v) is 15.5. The summed E-state index contributed by atoms with van der Waals surface area (Å²) in [6, 6.07) is 18.0. The molecule has 0 spiro atoms. The molecule has 0 bridgehead atoms. The second-order valence-corrected chi connectivity index (χ2v) is 19.2. The Morgan fingerprint density at radius 3 is 1.32 bits per heavy atom. The fourth-order valence-electron chi connectivity index (χ4n) is 6.82. The molecule has 0 aliphatic heterocycles. The van der Waals surface area contributed by atoms with Crippen molar-refractivity contribution in [3.63, 3.8) is 0 Å². The molecule has 2 nitrogen and oxygen atoms in total. The Labute approximate surface area is 228 Å². The molecule has 6 rings (SSSR count). The van der Waals surface area contributed by atoms with Gasteiger partial charge < -0.3 is 0 Å². The number of rotatable bonds is 8. The van der Waals surface area contributed by atoms with Gasteiger partial charge in [0.05, 0.1) is 0 Å². The van der Waals surface area contributed by atoms with Crippen LogP contribution in [0.3, 0.4) is 0 Å². The van der Waals surface area contributed by atoms with E-state index in [2.05, 4.69) is 97.1 Å². The molecular formula is C34H40O2Zr. The van der Waals surface area contributed by atoms with Crippen LogP contribution in [-0.4, -0.2) is 0 Å². The number of allylic oxidation sites excluding steroid dienone is 8. The van der Waals surface area contributed by atoms with Crippen LogP contribution in [0.5, 0.6) is 11.5 Å². The van der Waals surface area contributed by atoms with Gasteiger partial charge in [0.2, 0.25) is 0 Å². The SMILES string of the molecule is C1=C[CH]([Zr]([O]c2cccc(C3CCCCC3)c2)([O]c2cccc(C3CCCCC3)c2)[CH]2C=CC=C2)C=C1. The van der Waals surface area contributed by atoms with Crippen LogP contribution in [0.2, 0.25) is 7.25 Å². The molecule has 0 aromatic heterocycles. The van der Waals surface area contributed by atoms with Crippen LogP contribution in [0, 0.1) is 0 Å². The van der Waals surface area contributed by atoms with E-state index in [1.807, 2.05) is 0 Å². The third kappa shape index (κ3) is 5.68. The van der Waals surface area contributed by atoms with Gasteiger partial charge in [-0.3, -0.25) is 0 Å². The maximum atomic E-state index is 7.27. The molecule has 4 aliphatic rings. The standard InChI is InChI=1S/2C12H16O.2C5H5.Zr/c2*13-12-8-4-7-11(9-12)10-5-2-1-3-6-10;2*1-2-4-5-3-1;/h2*4,7-10,13H,1-3,5-6H2;2*1-5H;/q;;;;+2/p-2. The van der Waals surface area contributed by atoms with Crippen molar-refractivity contribution in [3.8, 4) is 11.5 Å². The van der Waals surface area contributed by atoms with Gasteiger partial charge in [-0.05, 0) is 0 Å². The Bertz CT molecular complexity index is 1060. The molecule has 0 heterocycles. The summed E-state index contributed by atoms with van der Waals surface area (Å²) in [5.74, 6) is 3.30. The Kier molecular flexibility index (Phi) is 7.98. The molecule has 3 heteroatoms. The molecule has 2 aromatic carbocycles. The van der Waals surface area contributed by atoms with Crippen molar-refractivity contribution in [2.24, 2.45) is 0 Å². The summed E-state index contributed by atoms with van der Waals surface area (Å²) in [5, 5.41) is 0. The van der Waals surface area contributed by atoms with E-state index >= 15 is 0 Å². The Morgan fingerprint density at radius 1 is 0.514 bits per heavy atom.